The number of carbonyl (C=O) groups is 2. The quantitative estimate of drug-likeness (QED) is 0.0273. The Bertz CT molecular complexity index is 1580. The Morgan fingerprint density at radius 1 is 0.868 bits per heavy atom. The van der Waals surface area contributed by atoms with Crippen molar-refractivity contribution < 1.29 is 83.3 Å². The van der Waals surface area contributed by atoms with E-state index in [0.29, 0.717) is 80.5 Å². The minimum absolute atomic E-state index is 0. The number of ether oxygens (including phenoxy) is 7. The molecule has 2 aromatic carbocycles. The first-order chi connectivity index (χ1) is 25.2. The Balaban J connectivity index is 0. The maximum atomic E-state index is 12.1. The van der Waals surface area contributed by atoms with Gasteiger partial charge in [-0.2, -0.15) is 0 Å². The standard InChI is InChI=1S/C16H20O6.C11H20O5.C7H8O3.HO4P.H2/c1-10-12(4-5-21-7-6-19-2)16(18)22-14-9-11(17)8-13(20-3)15(10)14;1-4-16-11(13)10(9(2)12)5-6-15-8-7-14-3;1-10-7-3-5(8)2-6(9)4-7;1-4-5(2)3;/h8-9,17H,4-7H2,1-3H3;10H,4-8H2,1-3H3;2-4,8-9H,1H3;1H;1H. The number of carbonyl (C=O) groups excluding carboxylic acids is 2. The van der Waals surface area contributed by atoms with Gasteiger partial charge in [0, 0.05) is 69.2 Å². The van der Waals surface area contributed by atoms with Crippen LogP contribution in [0.4, 0.5) is 0 Å². The van der Waals surface area contributed by atoms with E-state index in [1.807, 2.05) is 6.92 Å². The van der Waals surface area contributed by atoms with Gasteiger partial charge >= 0.3 is 19.8 Å². The average molecular weight is 779 g/mol. The molecule has 4 N–H and O–H groups in total. The summed E-state index contributed by atoms with van der Waals surface area (Å²) in [5.74, 6) is -0.465. The van der Waals surface area contributed by atoms with E-state index in [0.717, 1.165) is 5.56 Å². The fourth-order valence-electron chi connectivity index (χ4n) is 4.22. The summed E-state index contributed by atoms with van der Waals surface area (Å²) < 4.78 is 52.1. The van der Waals surface area contributed by atoms with Crippen molar-refractivity contribution in [2.45, 2.75) is 33.6 Å². The number of Topliss-reactive ketones (excluding diaryl/α,β-unsaturated/α-hetero) is 1. The van der Waals surface area contributed by atoms with Crippen LogP contribution in [0, 0.1) is 12.8 Å². The van der Waals surface area contributed by atoms with Gasteiger partial charge in [-0.3, -0.25) is 9.59 Å². The van der Waals surface area contributed by atoms with Crippen molar-refractivity contribution in [3.8, 4) is 28.7 Å². The predicted octanol–water partition coefficient (Wildman–Crippen LogP) is 3.68. The lowest BCUT2D eigenvalue weighted by molar-refractivity contribution is -0.244. The summed E-state index contributed by atoms with van der Waals surface area (Å²) in [6.07, 6.45) is 0.801. The summed E-state index contributed by atoms with van der Waals surface area (Å²) in [5, 5.41) is 35.1. The van der Waals surface area contributed by atoms with Crippen molar-refractivity contribution in [1.82, 2.24) is 0 Å². The number of fused-ring (bicyclic) bond motifs is 1. The largest absolute Gasteiger partial charge is 0.565 e. The van der Waals surface area contributed by atoms with Crippen LogP contribution in [0.5, 0.6) is 28.7 Å². The first-order valence-corrected chi connectivity index (χ1v) is 17.0. The van der Waals surface area contributed by atoms with Crippen LogP contribution in [0.3, 0.4) is 0 Å². The Hall–Kier alpha value is -4.39. The summed E-state index contributed by atoms with van der Waals surface area (Å²) in [6.45, 7) is 7.93. The molecule has 53 heavy (non-hydrogen) atoms. The van der Waals surface area contributed by atoms with E-state index in [2.05, 4.69) is 4.67 Å². The minimum Gasteiger partial charge on any atom is -0.565 e. The van der Waals surface area contributed by atoms with Crippen molar-refractivity contribution in [2.24, 2.45) is 5.92 Å². The van der Waals surface area contributed by atoms with Crippen LogP contribution >= 0.6 is 8.25 Å². The van der Waals surface area contributed by atoms with Crippen molar-refractivity contribution in [1.29, 1.82) is 0 Å². The molecule has 0 aliphatic carbocycles. The second-order valence-electron chi connectivity index (χ2n) is 10.4. The lowest BCUT2D eigenvalue weighted by Gasteiger charge is -2.12. The third-order valence-corrected chi connectivity index (χ3v) is 6.83. The van der Waals surface area contributed by atoms with Gasteiger partial charge < -0.3 is 57.8 Å². The number of phenolic OH excluding ortho intramolecular Hbond substituents is 3. The zero-order valence-corrected chi connectivity index (χ0v) is 31.7. The van der Waals surface area contributed by atoms with Gasteiger partial charge in [-0.05, 0) is 37.3 Å². The van der Waals surface area contributed by atoms with Crippen molar-refractivity contribution >= 4 is 31.0 Å². The maximum absolute atomic E-state index is 12.1. The molecule has 300 valence electrons. The monoisotopic (exact) mass is 778 g/mol. The van der Waals surface area contributed by atoms with Crippen LogP contribution in [-0.4, -0.2) is 107 Å². The molecule has 0 saturated carbocycles. The van der Waals surface area contributed by atoms with Gasteiger partial charge in [0.1, 0.15) is 46.0 Å². The molecule has 1 heterocycles. The molecule has 0 aliphatic heterocycles. The fraction of sp³-hybridized carbons (Fsp3) is 0.500. The molecule has 19 heteroatoms. The number of aromatic hydroxyl groups is 3. The van der Waals surface area contributed by atoms with E-state index in [9.17, 15) is 19.5 Å². The first kappa shape index (κ1) is 48.6. The molecule has 0 aliphatic rings. The third-order valence-electron chi connectivity index (χ3n) is 6.70. The first-order valence-electron chi connectivity index (χ1n) is 15.9. The molecule has 0 bridgehead atoms. The SMILES string of the molecule is CCOC(=O)C(CCOCCOC)C(C)=O.COCCOCCc1c(C)c2c(OC)cc(O)cc2oc1=O.COc1cc(O)cc(O)c1.O=[P+]([O-])OO.[HH]. The Kier molecular flexibility index (Phi) is 25.8. The van der Waals surface area contributed by atoms with Gasteiger partial charge in [0.15, 0.2) is 0 Å². The highest BCUT2D eigenvalue weighted by atomic mass is 31.1. The Morgan fingerprint density at radius 2 is 1.42 bits per heavy atom. The average Bonchev–Trinajstić information content (AvgIpc) is 3.10. The van der Waals surface area contributed by atoms with Crippen LogP contribution < -0.4 is 20.0 Å². The fourth-order valence-corrected chi connectivity index (χ4v) is 4.22. The van der Waals surface area contributed by atoms with Crippen LogP contribution in [-0.2, 0) is 48.9 Å². The molecule has 2 unspecified atom stereocenters. The van der Waals surface area contributed by atoms with Gasteiger partial charge in [-0.25, -0.2) is 10.1 Å². The van der Waals surface area contributed by atoms with Gasteiger partial charge in [-0.1, -0.05) is 0 Å². The Morgan fingerprint density at radius 3 is 1.89 bits per heavy atom. The number of hydrogen-bond donors (Lipinski definition) is 4. The zero-order valence-electron chi connectivity index (χ0n) is 30.8. The molecule has 18 nitrogen and oxygen atoms in total. The smallest absolute Gasteiger partial charge is 0.521 e. The van der Waals surface area contributed by atoms with Gasteiger partial charge in [-0.15, -0.1) is 0 Å². The number of esters is 1. The molecule has 0 saturated heterocycles. The molecule has 1 aromatic heterocycles. The number of phenols is 3. The number of rotatable bonds is 18. The molecular weight excluding hydrogens is 727 g/mol. The molecule has 3 rings (SSSR count). The molecule has 0 radical (unpaired) electrons. The summed E-state index contributed by atoms with van der Waals surface area (Å²) in [7, 11) is 3.12. The predicted molar refractivity (Wildman–Crippen MR) is 190 cm³/mol. The summed E-state index contributed by atoms with van der Waals surface area (Å²) in [6, 6.07) is 6.97. The van der Waals surface area contributed by atoms with Gasteiger partial charge in [0.05, 0.1) is 59.2 Å². The normalized spacial score (nSPS) is 11.1. The van der Waals surface area contributed by atoms with Crippen LogP contribution in [0.2, 0.25) is 0 Å². The van der Waals surface area contributed by atoms with Crippen molar-refractivity contribution in [2.75, 3.05) is 74.7 Å². The van der Waals surface area contributed by atoms with E-state index in [-0.39, 0.29) is 31.1 Å². The topological polar surface area (TPSA) is 259 Å². The number of aryl methyl sites for hydroxylation is 1. The molecular formula is C34H51O18P. The summed E-state index contributed by atoms with van der Waals surface area (Å²) >= 11 is 0. The van der Waals surface area contributed by atoms with E-state index < -0.39 is 25.8 Å². The number of benzene rings is 2. The highest BCUT2D eigenvalue weighted by molar-refractivity contribution is 7.30. The van der Waals surface area contributed by atoms with Crippen molar-refractivity contribution in [3.05, 3.63) is 51.9 Å². The van der Waals surface area contributed by atoms with E-state index in [1.165, 1.54) is 51.5 Å². The number of methoxy groups -OCH3 is 4. The summed E-state index contributed by atoms with van der Waals surface area (Å²) in [5.41, 5.74) is 1.21. The molecule has 3 aromatic rings. The lowest BCUT2D eigenvalue weighted by atomic mass is 10.0. The maximum Gasteiger partial charge on any atom is 0.521 e. The van der Waals surface area contributed by atoms with Crippen LogP contribution in [0.1, 0.15) is 32.8 Å². The molecule has 0 amide bonds. The van der Waals surface area contributed by atoms with Gasteiger partial charge in [0.25, 0.3) is 0 Å². The van der Waals surface area contributed by atoms with Gasteiger partial charge in [0.2, 0.25) is 0 Å². The molecule has 0 spiro atoms. The minimum atomic E-state index is -3.04. The van der Waals surface area contributed by atoms with E-state index in [4.69, 9.17) is 62.5 Å². The number of hydrogen-bond acceptors (Lipinski definition) is 18. The van der Waals surface area contributed by atoms with Crippen molar-refractivity contribution in [3.63, 3.8) is 0 Å². The van der Waals surface area contributed by atoms with E-state index >= 15 is 0 Å². The second kappa shape index (κ2) is 28.2. The lowest BCUT2D eigenvalue weighted by Crippen LogP contribution is -2.26. The number of ketones is 1. The van der Waals surface area contributed by atoms with Crippen LogP contribution in [0.15, 0.2) is 39.5 Å². The molecule has 2 atom stereocenters. The highest BCUT2D eigenvalue weighted by Crippen LogP contribution is 2.33. The van der Waals surface area contributed by atoms with Crippen LogP contribution in [0.25, 0.3) is 11.0 Å². The van der Waals surface area contributed by atoms with E-state index in [1.54, 1.807) is 21.1 Å². The third kappa shape index (κ3) is 19.9. The Labute approximate surface area is 309 Å². The second-order valence-corrected chi connectivity index (χ2v) is 11.0. The zero-order chi connectivity index (χ0) is 40.3. The molecule has 0 fully saturated rings. The summed E-state index contributed by atoms with van der Waals surface area (Å²) in [4.78, 5) is 43.6. The highest BCUT2D eigenvalue weighted by Gasteiger charge is 2.24.